The Hall–Kier alpha value is -0.910. The molecule has 19 heavy (non-hydrogen) atoms. The van der Waals surface area contributed by atoms with Gasteiger partial charge in [-0.15, -0.1) is 0 Å². The van der Waals surface area contributed by atoms with E-state index in [9.17, 15) is 9.90 Å². The van der Waals surface area contributed by atoms with E-state index in [1.165, 1.54) is 0 Å². The lowest BCUT2D eigenvalue weighted by molar-refractivity contribution is -0.115. The average Bonchev–Trinajstić information content (AvgIpc) is 2.41. The molecule has 0 aromatic heterocycles. The highest BCUT2D eigenvalue weighted by Gasteiger charge is 2.21. The minimum atomic E-state index is -0.729. The van der Waals surface area contributed by atoms with E-state index < -0.39 is 5.60 Å². The van der Waals surface area contributed by atoms with Crippen molar-refractivity contribution in [3.8, 4) is 0 Å². The molecule has 1 rings (SSSR count). The summed E-state index contributed by atoms with van der Waals surface area (Å²) in [6, 6.07) is 7.45. The minimum absolute atomic E-state index is 0.124. The van der Waals surface area contributed by atoms with Crippen molar-refractivity contribution in [3.63, 3.8) is 0 Å². The van der Waals surface area contributed by atoms with Gasteiger partial charge < -0.3 is 15.7 Å². The Morgan fingerprint density at radius 2 is 1.95 bits per heavy atom. The monoisotopic (exact) mass is 328 g/mol. The van der Waals surface area contributed by atoms with E-state index in [1.54, 1.807) is 0 Å². The van der Waals surface area contributed by atoms with Gasteiger partial charge in [-0.1, -0.05) is 26.0 Å². The number of hydrogen-bond donors (Lipinski definition) is 3. The zero-order chi connectivity index (χ0) is 14.3. The SMILES string of the molecule is CCC(O)(CC)CNCC(=O)Nc1ccccc1Br. The third-order valence-electron chi connectivity index (χ3n) is 3.20. The Morgan fingerprint density at radius 1 is 1.32 bits per heavy atom. The summed E-state index contributed by atoms with van der Waals surface area (Å²) in [4.78, 5) is 11.8. The fourth-order valence-corrected chi connectivity index (χ4v) is 2.05. The van der Waals surface area contributed by atoms with Crippen molar-refractivity contribution in [2.75, 3.05) is 18.4 Å². The van der Waals surface area contributed by atoms with Crippen molar-refractivity contribution in [1.29, 1.82) is 0 Å². The maximum Gasteiger partial charge on any atom is 0.238 e. The van der Waals surface area contributed by atoms with E-state index in [4.69, 9.17) is 0 Å². The van der Waals surface area contributed by atoms with Gasteiger partial charge in [0.15, 0.2) is 0 Å². The molecule has 0 spiro atoms. The smallest absolute Gasteiger partial charge is 0.238 e. The zero-order valence-corrected chi connectivity index (χ0v) is 13.0. The van der Waals surface area contributed by atoms with Crippen LogP contribution in [-0.2, 0) is 4.79 Å². The lowest BCUT2D eigenvalue weighted by Gasteiger charge is -2.25. The average molecular weight is 329 g/mol. The molecule has 0 saturated heterocycles. The molecule has 0 atom stereocenters. The molecule has 106 valence electrons. The largest absolute Gasteiger partial charge is 0.389 e. The van der Waals surface area contributed by atoms with Gasteiger partial charge in [0, 0.05) is 11.0 Å². The molecule has 0 unspecified atom stereocenters. The first-order chi connectivity index (χ1) is 9.00. The molecule has 4 nitrogen and oxygen atoms in total. The van der Waals surface area contributed by atoms with Gasteiger partial charge in [0.2, 0.25) is 5.91 Å². The molecule has 1 aromatic carbocycles. The van der Waals surface area contributed by atoms with Crippen LogP contribution in [0.1, 0.15) is 26.7 Å². The second kappa shape index (κ2) is 7.62. The topological polar surface area (TPSA) is 61.4 Å². The van der Waals surface area contributed by atoms with Gasteiger partial charge in [-0.05, 0) is 40.9 Å². The number of carbonyl (C=O) groups excluding carboxylic acids is 1. The van der Waals surface area contributed by atoms with E-state index in [0.717, 1.165) is 10.2 Å². The highest BCUT2D eigenvalue weighted by Crippen LogP contribution is 2.20. The number of rotatable bonds is 7. The van der Waals surface area contributed by atoms with Crippen LogP contribution in [0.4, 0.5) is 5.69 Å². The summed E-state index contributed by atoms with van der Waals surface area (Å²) in [5, 5.41) is 15.9. The van der Waals surface area contributed by atoms with Gasteiger partial charge in [0.25, 0.3) is 0 Å². The summed E-state index contributed by atoms with van der Waals surface area (Å²) in [7, 11) is 0. The molecule has 1 amide bonds. The highest BCUT2D eigenvalue weighted by atomic mass is 79.9. The van der Waals surface area contributed by atoms with Gasteiger partial charge >= 0.3 is 0 Å². The van der Waals surface area contributed by atoms with Crippen molar-refractivity contribution in [1.82, 2.24) is 5.32 Å². The lowest BCUT2D eigenvalue weighted by atomic mass is 9.98. The Labute approximate surface area is 122 Å². The van der Waals surface area contributed by atoms with Crippen LogP contribution < -0.4 is 10.6 Å². The summed E-state index contributed by atoms with van der Waals surface area (Å²) >= 11 is 3.37. The number of para-hydroxylation sites is 1. The molecule has 0 fully saturated rings. The van der Waals surface area contributed by atoms with Crippen LogP contribution >= 0.6 is 15.9 Å². The maximum absolute atomic E-state index is 11.8. The van der Waals surface area contributed by atoms with Crippen molar-refractivity contribution in [2.45, 2.75) is 32.3 Å². The van der Waals surface area contributed by atoms with E-state index in [1.807, 2.05) is 38.1 Å². The Bertz CT molecular complexity index is 420. The lowest BCUT2D eigenvalue weighted by Crippen LogP contribution is -2.42. The summed E-state index contributed by atoms with van der Waals surface area (Å²) in [6.07, 6.45) is 1.34. The fraction of sp³-hybridized carbons (Fsp3) is 0.500. The van der Waals surface area contributed by atoms with Crippen molar-refractivity contribution >= 4 is 27.5 Å². The standard InChI is InChI=1S/C14H21BrN2O2/c1-3-14(19,4-2)10-16-9-13(18)17-12-8-6-5-7-11(12)15/h5-8,16,19H,3-4,9-10H2,1-2H3,(H,17,18). The summed E-state index contributed by atoms with van der Waals surface area (Å²) in [6.45, 7) is 4.48. The second-order valence-corrected chi connectivity index (χ2v) is 5.42. The predicted molar refractivity (Wildman–Crippen MR) is 81.2 cm³/mol. The van der Waals surface area contributed by atoms with Crippen LogP contribution in [0.2, 0.25) is 0 Å². The quantitative estimate of drug-likeness (QED) is 0.720. The molecular weight excluding hydrogens is 308 g/mol. The molecule has 1 aromatic rings. The number of hydrogen-bond acceptors (Lipinski definition) is 3. The van der Waals surface area contributed by atoms with Gasteiger partial charge in [0.1, 0.15) is 0 Å². The summed E-state index contributed by atoms with van der Waals surface area (Å²) in [5.74, 6) is -0.124. The molecule has 0 bridgehead atoms. The maximum atomic E-state index is 11.8. The zero-order valence-electron chi connectivity index (χ0n) is 11.4. The number of halogens is 1. The highest BCUT2D eigenvalue weighted by molar-refractivity contribution is 9.10. The van der Waals surface area contributed by atoms with Crippen molar-refractivity contribution in [3.05, 3.63) is 28.7 Å². The van der Waals surface area contributed by atoms with Crippen LogP contribution in [0.25, 0.3) is 0 Å². The first-order valence-electron chi connectivity index (χ1n) is 6.48. The summed E-state index contributed by atoms with van der Waals surface area (Å²) in [5.41, 5.74) is 0.0173. The third-order valence-corrected chi connectivity index (χ3v) is 3.90. The molecule has 0 radical (unpaired) electrons. The molecule has 0 aliphatic carbocycles. The molecule has 0 aliphatic heterocycles. The Kier molecular flexibility index (Phi) is 6.48. The van der Waals surface area contributed by atoms with E-state index in [0.29, 0.717) is 19.4 Å². The van der Waals surface area contributed by atoms with E-state index in [2.05, 4.69) is 26.6 Å². The molecular formula is C14H21BrN2O2. The number of benzene rings is 1. The van der Waals surface area contributed by atoms with Crippen LogP contribution in [0, 0.1) is 0 Å². The molecule has 5 heteroatoms. The first kappa shape index (κ1) is 16.1. The van der Waals surface area contributed by atoms with Crippen LogP contribution in [0.5, 0.6) is 0 Å². The van der Waals surface area contributed by atoms with Crippen LogP contribution in [0.3, 0.4) is 0 Å². The predicted octanol–water partition coefficient (Wildman–Crippen LogP) is 2.53. The van der Waals surface area contributed by atoms with Gasteiger partial charge in [-0.25, -0.2) is 0 Å². The number of anilines is 1. The Balaban J connectivity index is 2.39. The number of amides is 1. The first-order valence-corrected chi connectivity index (χ1v) is 7.27. The van der Waals surface area contributed by atoms with E-state index >= 15 is 0 Å². The second-order valence-electron chi connectivity index (χ2n) is 4.56. The summed E-state index contributed by atoms with van der Waals surface area (Å²) < 4.78 is 0.849. The molecule has 0 heterocycles. The number of carbonyl (C=O) groups is 1. The number of nitrogens with one attached hydrogen (secondary N) is 2. The molecule has 0 saturated carbocycles. The fourth-order valence-electron chi connectivity index (χ4n) is 1.67. The minimum Gasteiger partial charge on any atom is -0.389 e. The van der Waals surface area contributed by atoms with Crippen LogP contribution in [0.15, 0.2) is 28.7 Å². The van der Waals surface area contributed by atoms with E-state index in [-0.39, 0.29) is 12.5 Å². The molecule has 0 aliphatic rings. The third kappa shape index (κ3) is 5.30. The van der Waals surface area contributed by atoms with Gasteiger partial charge in [-0.3, -0.25) is 4.79 Å². The van der Waals surface area contributed by atoms with Crippen LogP contribution in [-0.4, -0.2) is 29.7 Å². The Morgan fingerprint density at radius 3 is 2.53 bits per heavy atom. The number of aliphatic hydroxyl groups is 1. The normalized spacial score (nSPS) is 11.4. The van der Waals surface area contributed by atoms with Crippen molar-refractivity contribution < 1.29 is 9.90 Å². The van der Waals surface area contributed by atoms with Gasteiger partial charge in [0.05, 0.1) is 17.8 Å². The van der Waals surface area contributed by atoms with Gasteiger partial charge in [-0.2, -0.15) is 0 Å². The molecule has 3 N–H and O–H groups in total. The van der Waals surface area contributed by atoms with Crippen molar-refractivity contribution in [2.24, 2.45) is 0 Å².